The van der Waals surface area contributed by atoms with Crippen LogP contribution in [0.4, 0.5) is 0 Å². The van der Waals surface area contributed by atoms with Crippen LogP contribution in [0.25, 0.3) is 0 Å². The smallest absolute Gasteiger partial charge is 0.303 e. The zero-order valence-corrected chi connectivity index (χ0v) is 17.2. The Morgan fingerprint density at radius 1 is 1.17 bits per heavy atom. The molecule has 6 nitrogen and oxygen atoms in total. The number of thioether (sulfide) groups is 1. The summed E-state index contributed by atoms with van der Waals surface area (Å²) < 4.78 is 11.2. The Morgan fingerprint density at radius 3 is 2.40 bits per heavy atom. The molecule has 0 saturated carbocycles. The molecule has 2 aromatic rings. The molecule has 1 saturated heterocycles. The van der Waals surface area contributed by atoms with Gasteiger partial charge in [0.05, 0.1) is 17.4 Å². The van der Waals surface area contributed by atoms with E-state index < -0.39 is 12.1 Å². The van der Waals surface area contributed by atoms with Crippen molar-refractivity contribution >= 4 is 28.6 Å². The van der Waals surface area contributed by atoms with E-state index in [0.717, 1.165) is 29.3 Å². The number of aryl methyl sites for hydroxylation is 1. The van der Waals surface area contributed by atoms with Crippen molar-refractivity contribution in [1.29, 1.82) is 0 Å². The maximum absolute atomic E-state index is 11.8. The first-order valence-corrected chi connectivity index (χ1v) is 10.4. The highest BCUT2D eigenvalue weighted by Gasteiger charge is 2.31. The fourth-order valence-electron chi connectivity index (χ4n) is 3.00. The number of carbonyl (C=O) groups is 3. The van der Waals surface area contributed by atoms with Gasteiger partial charge in [0.1, 0.15) is 12.4 Å². The lowest BCUT2D eigenvalue weighted by molar-refractivity contribution is -0.148. The molecule has 7 heteroatoms. The summed E-state index contributed by atoms with van der Waals surface area (Å²) in [7, 11) is 0. The van der Waals surface area contributed by atoms with Gasteiger partial charge in [-0.1, -0.05) is 44.3 Å². The minimum atomic E-state index is -0.600. The minimum Gasteiger partial charge on any atom is -0.489 e. The van der Waals surface area contributed by atoms with Crippen LogP contribution >= 0.6 is 11.8 Å². The van der Waals surface area contributed by atoms with E-state index in [-0.39, 0.29) is 36.6 Å². The second-order valence-electron chi connectivity index (χ2n) is 6.82. The SMILES string of the molecule is C.CCc1ccc([C@@H](COc2ccc(CC3SC(=O)CC3=O)cc2)OC(C)=O)nc1. The summed E-state index contributed by atoms with van der Waals surface area (Å²) in [6.45, 7) is 3.55. The van der Waals surface area contributed by atoms with E-state index in [4.69, 9.17) is 9.47 Å². The summed E-state index contributed by atoms with van der Waals surface area (Å²) in [5.74, 6) is 0.215. The van der Waals surface area contributed by atoms with Gasteiger partial charge in [0.25, 0.3) is 0 Å². The highest BCUT2D eigenvalue weighted by molar-refractivity contribution is 8.15. The fourth-order valence-corrected chi connectivity index (χ4v) is 4.03. The van der Waals surface area contributed by atoms with Gasteiger partial charge in [-0.05, 0) is 42.2 Å². The zero-order valence-electron chi connectivity index (χ0n) is 16.4. The molecule has 1 aliphatic heterocycles. The Balaban J connectivity index is 0.00000320. The Bertz CT molecular complexity index is 879. The van der Waals surface area contributed by atoms with Gasteiger partial charge in [-0.3, -0.25) is 19.4 Å². The molecular formula is C23H27NO5S. The van der Waals surface area contributed by atoms with E-state index in [1.807, 2.05) is 31.2 Å². The first kappa shape index (κ1) is 23.6. The molecular weight excluding hydrogens is 402 g/mol. The third-order valence-electron chi connectivity index (χ3n) is 4.59. The molecule has 1 unspecified atom stereocenters. The van der Waals surface area contributed by atoms with Gasteiger partial charge in [0.2, 0.25) is 0 Å². The van der Waals surface area contributed by atoms with Gasteiger partial charge in [-0.15, -0.1) is 0 Å². The van der Waals surface area contributed by atoms with E-state index in [0.29, 0.717) is 17.9 Å². The number of carbonyl (C=O) groups excluding carboxylic acids is 3. The van der Waals surface area contributed by atoms with Gasteiger partial charge >= 0.3 is 5.97 Å². The monoisotopic (exact) mass is 429 g/mol. The van der Waals surface area contributed by atoms with Gasteiger partial charge in [0.15, 0.2) is 17.0 Å². The van der Waals surface area contributed by atoms with E-state index in [2.05, 4.69) is 4.98 Å². The molecule has 0 aliphatic carbocycles. The molecule has 0 radical (unpaired) electrons. The van der Waals surface area contributed by atoms with Crippen molar-refractivity contribution in [3.63, 3.8) is 0 Å². The standard InChI is InChI=1S/C22H23NO5S.CH4/c1-3-15-6-9-18(23-12-15)20(28-14(2)24)13-27-17-7-4-16(5-8-17)10-21-19(25)11-22(26)29-21;/h4-9,12,20-21H,3,10-11,13H2,1-2H3;1H4/t20-,21?;/m1./s1. The largest absolute Gasteiger partial charge is 0.489 e. The number of rotatable bonds is 8. The molecule has 2 heterocycles. The maximum atomic E-state index is 11.8. The fraction of sp³-hybridized carbons (Fsp3) is 0.391. The number of Topliss-reactive ketones (excluding diaryl/α,β-unsaturated/α-hetero) is 1. The number of nitrogens with zero attached hydrogens (tertiary/aromatic N) is 1. The highest BCUT2D eigenvalue weighted by Crippen LogP contribution is 2.28. The zero-order chi connectivity index (χ0) is 20.8. The predicted molar refractivity (Wildman–Crippen MR) is 117 cm³/mol. The summed E-state index contributed by atoms with van der Waals surface area (Å²) in [6, 6.07) is 11.2. The number of benzene rings is 1. The van der Waals surface area contributed by atoms with Crippen molar-refractivity contribution < 1.29 is 23.9 Å². The van der Waals surface area contributed by atoms with Gasteiger partial charge in [-0.2, -0.15) is 0 Å². The van der Waals surface area contributed by atoms with Gasteiger partial charge in [0, 0.05) is 13.1 Å². The third-order valence-corrected chi connectivity index (χ3v) is 5.71. The van der Waals surface area contributed by atoms with Crippen molar-refractivity contribution in [2.24, 2.45) is 0 Å². The summed E-state index contributed by atoms with van der Waals surface area (Å²) >= 11 is 1.12. The number of hydrogen-bond donors (Lipinski definition) is 0. The van der Waals surface area contributed by atoms with Crippen molar-refractivity contribution in [1.82, 2.24) is 4.98 Å². The molecule has 1 aromatic heterocycles. The molecule has 0 bridgehead atoms. The Labute approximate surface area is 181 Å². The van der Waals surface area contributed by atoms with Gasteiger partial charge < -0.3 is 9.47 Å². The topological polar surface area (TPSA) is 82.6 Å². The van der Waals surface area contributed by atoms with Crippen LogP contribution in [0.5, 0.6) is 5.75 Å². The molecule has 1 aromatic carbocycles. The van der Waals surface area contributed by atoms with Crippen LogP contribution in [0.1, 0.15) is 50.6 Å². The number of aromatic nitrogens is 1. The molecule has 3 rings (SSSR count). The number of hydrogen-bond acceptors (Lipinski definition) is 7. The second kappa shape index (κ2) is 10.9. The Morgan fingerprint density at radius 2 is 1.87 bits per heavy atom. The summed E-state index contributed by atoms with van der Waals surface area (Å²) in [6.07, 6.45) is 2.61. The molecule has 30 heavy (non-hydrogen) atoms. The van der Waals surface area contributed by atoms with Crippen LogP contribution in [-0.4, -0.2) is 33.7 Å². The van der Waals surface area contributed by atoms with Crippen LogP contribution in [0, 0.1) is 0 Å². The summed E-state index contributed by atoms with van der Waals surface area (Å²) in [5.41, 5.74) is 2.70. The van der Waals surface area contributed by atoms with Gasteiger partial charge in [-0.25, -0.2) is 0 Å². The van der Waals surface area contributed by atoms with E-state index >= 15 is 0 Å². The minimum absolute atomic E-state index is 0. The van der Waals surface area contributed by atoms with E-state index in [1.165, 1.54) is 6.92 Å². The van der Waals surface area contributed by atoms with E-state index in [9.17, 15) is 14.4 Å². The molecule has 0 N–H and O–H groups in total. The number of ether oxygens (including phenoxy) is 2. The number of esters is 1. The predicted octanol–water partition coefficient (Wildman–Crippen LogP) is 4.11. The molecule has 0 amide bonds. The first-order chi connectivity index (χ1) is 13.9. The summed E-state index contributed by atoms with van der Waals surface area (Å²) in [5, 5.41) is -0.350. The molecule has 1 fully saturated rings. The van der Waals surface area contributed by atoms with Crippen LogP contribution < -0.4 is 4.74 Å². The lowest BCUT2D eigenvalue weighted by atomic mass is 10.1. The van der Waals surface area contributed by atoms with Crippen molar-refractivity contribution in [2.75, 3.05) is 6.61 Å². The number of pyridine rings is 1. The Hall–Kier alpha value is -2.67. The van der Waals surface area contributed by atoms with Crippen LogP contribution in [0.2, 0.25) is 0 Å². The van der Waals surface area contributed by atoms with Crippen LogP contribution in [-0.2, 0) is 32.0 Å². The lowest BCUT2D eigenvalue weighted by Crippen LogP contribution is -2.18. The maximum Gasteiger partial charge on any atom is 0.303 e. The summed E-state index contributed by atoms with van der Waals surface area (Å²) in [4.78, 5) is 39.0. The third kappa shape index (κ3) is 6.42. The average Bonchev–Trinajstić information content (AvgIpc) is 3.03. The second-order valence-corrected chi connectivity index (χ2v) is 8.08. The van der Waals surface area contributed by atoms with Crippen molar-refractivity contribution in [2.45, 2.75) is 51.9 Å². The molecule has 160 valence electrons. The quantitative estimate of drug-likeness (QED) is 0.461. The van der Waals surface area contributed by atoms with Crippen molar-refractivity contribution in [3.05, 3.63) is 59.4 Å². The average molecular weight is 430 g/mol. The van der Waals surface area contributed by atoms with E-state index in [1.54, 1.807) is 18.3 Å². The normalized spacial score (nSPS) is 16.7. The van der Waals surface area contributed by atoms with Crippen molar-refractivity contribution in [3.8, 4) is 5.75 Å². The van der Waals surface area contributed by atoms with Crippen LogP contribution in [0.3, 0.4) is 0 Å². The lowest BCUT2D eigenvalue weighted by Gasteiger charge is -2.18. The first-order valence-electron chi connectivity index (χ1n) is 9.50. The Kier molecular flexibility index (Phi) is 8.59. The molecule has 0 spiro atoms. The van der Waals surface area contributed by atoms with Crippen LogP contribution in [0.15, 0.2) is 42.6 Å². The molecule has 1 aliphatic rings. The molecule has 2 atom stereocenters. The highest BCUT2D eigenvalue weighted by atomic mass is 32.2. The number of ketones is 1.